The smallest absolute Gasteiger partial charge is 0.387 e. The zero-order valence-electron chi connectivity index (χ0n) is 8.02. The number of aliphatic hydroxyl groups excluding tert-OH is 1. The molecule has 0 heterocycles. The van der Waals surface area contributed by atoms with Crippen LogP contribution in [0.2, 0.25) is 0 Å². The largest absolute Gasteiger partial charge is 0.434 e. The van der Waals surface area contributed by atoms with Gasteiger partial charge in [-0.05, 0) is 17.7 Å². The zero-order chi connectivity index (χ0) is 12.1. The van der Waals surface area contributed by atoms with E-state index in [4.69, 9.17) is 5.11 Å². The van der Waals surface area contributed by atoms with E-state index in [-0.39, 0.29) is 23.0 Å². The lowest BCUT2D eigenvalue weighted by molar-refractivity contribution is -0.0501. The summed E-state index contributed by atoms with van der Waals surface area (Å²) < 4.78 is 28.1. The van der Waals surface area contributed by atoms with Crippen molar-refractivity contribution >= 4 is 12.6 Å². The van der Waals surface area contributed by atoms with Crippen LogP contribution in [0.1, 0.15) is 26.3 Å². The maximum Gasteiger partial charge on any atom is 0.387 e. The number of carbonyl (C=O) groups excluding carboxylic acids is 2. The standard InChI is InChI=1S/C10H8F2O4/c11-10(12)16-9-2-6(3-13)1-7(4-14)8(9)5-15/h1-2,4-5,10,13H,3H2. The fourth-order valence-corrected chi connectivity index (χ4v) is 1.22. The Labute approximate surface area is 89.5 Å². The van der Waals surface area contributed by atoms with Crippen LogP contribution in [0, 0.1) is 0 Å². The molecule has 0 spiro atoms. The average molecular weight is 230 g/mol. The van der Waals surface area contributed by atoms with Crippen LogP contribution in [0.15, 0.2) is 12.1 Å². The number of rotatable bonds is 5. The van der Waals surface area contributed by atoms with Crippen molar-refractivity contribution in [2.75, 3.05) is 0 Å². The first-order chi connectivity index (χ1) is 7.62. The molecule has 4 nitrogen and oxygen atoms in total. The van der Waals surface area contributed by atoms with E-state index in [0.717, 1.165) is 6.07 Å². The molecule has 0 amide bonds. The van der Waals surface area contributed by atoms with Crippen molar-refractivity contribution in [3.05, 3.63) is 28.8 Å². The van der Waals surface area contributed by atoms with Crippen molar-refractivity contribution in [2.24, 2.45) is 0 Å². The van der Waals surface area contributed by atoms with Gasteiger partial charge in [-0.25, -0.2) is 0 Å². The Morgan fingerprint density at radius 3 is 2.44 bits per heavy atom. The molecule has 0 aliphatic carbocycles. The molecule has 1 aromatic carbocycles. The Balaban J connectivity index is 3.30. The maximum atomic E-state index is 12.0. The predicted molar refractivity (Wildman–Crippen MR) is 49.8 cm³/mol. The summed E-state index contributed by atoms with van der Waals surface area (Å²) in [5, 5.41) is 8.83. The number of alkyl halides is 2. The average Bonchev–Trinajstić information content (AvgIpc) is 2.27. The van der Waals surface area contributed by atoms with Crippen LogP contribution >= 0.6 is 0 Å². The van der Waals surface area contributed by atoms with Crippen molar-refractivity contribution in [3.8, 4) is 5.75 Å². The van der Waals surface area contributed by atoms with Crippen molar-refractivity contribution in [3.63, 3.8) is 0 Å². The van der Waals surface area contributed by atoms with Crippen LogP contribution in [-0.4, -0.2) is 24.3 Å². The fourth-order valence-electron chi connectivity index (χ4n) is 1.22. The highest BCUT2D eigenvalue weighted by Crippen LogP contribution is 2.24. The van der Waals surface area contributed by atoms with Crippen LogP contribution in [0.5, 0.6) is 5.75 Å². The highest BCUT2D eigenvalue weighted by molar-refractivity contribution is 5.93. The van der Waals surface area contributed by atoms with Crippen molar-refractivity contribution < 1.29 is 28.2 Å². The Hall–Kier alpha value is -1.82. The molecule has 16 heavy (non-hydrogen) atoms. The molecule has 6 heteroatoms. The highest BCUT2D eigenvalue weighted by atomic mass is 19.3. The van der Waals surface area contributed by atoms with Gasteiger partial charge in [0.25, 0.3) is 0 Å². The van der Waals surface area contributed by atoms with E-state index in [2.05, 4.69) is 4.74 Å². The summed E-state index contributed by atoms with van der Waals surface area (Å²) in [5.41, 5.74) is -0.145. The number of carbonyl (C=O) groups is 2. The van der Waals surface area contributed by atoms with Gasteiger partial charge in [0.2, 0.25) is 0 Å². The third-order valence-electron chi connectivity index (χ3n) is 1.88. The minimum atomic E-state index is -3.10. The van der Waals surface area contributed by atoms with Gasteiger partial charge in [0.05, 0.1) is 12.2 Å². The van der Waals surface area contributed by atoms with Crippen LogP contribution < -0.4 is 4.74 Å². The molecule has 0 fully saturated rings. The summed E-state index contributed by atoms with van der Waals surface area (Å²) >= 11 is 0. The summed E-state index contributed by atoms with van der Waals surface area (Å²) in [6.07, 6.45) is 0.587. The van der Waals surface area contributed by atoms with Crippen LogP contribution in [0.25, 0.3) is 0 Å². The summed E-state index contributed by atoms with van der Waals surface area (Å²) in [6, 6.07) is 2.32. The Morgan fingerprint density at radius 2 is 2.00 bits per heavy atom. The van der Waals surface area contributed by atoms with Gasteiger partial charge < -0.3 is 9.84 Å². The van der Waals surface area contributed by atoms with Gasteiger partial charge in [-0.15, -0.1) is 0 Å². The molecular weight excluding hydrogens is 222 g/mol. The molecule has 0 saturated heterocycles. The van der Waals surface area contributed by atoms with Crippen LogP contribution in [-0.2, 0) is 6.61 Å². The first-order valence-electron chi connectivity index (χ1n) is 4.25. The first kappa shape index (κ1) is 12.3. The third-order valence-corrected chi connectivity index (χ3v) is 1.88. The van der Waals surface area contributed by atoms with Crippen molar-refractivity contribution in [1.82, 2.24) is 0 Å². The Kier molecular flexibility index (Phi) is 4.07. The number of halogens is 2. The molecule has 0 radical (unpaired) electrons. The van der Waals surface area contributed by atoms with Crippen LogP contribution in [0.3, 0.4) is 0 Å². The van der Waals surface area contributed by atoms with Crippen LogP contribution in [0.4, 0.5) is 8.78 Å². The molecule has 0 aromatic heterocycles. The second-order valence-corrected chi connectivity index (χ2v) is 2.87. The monoisotopic (exact) mass is 230 g/mol. The zero-order valence-corrected chi connectivity index (χ0v) is 8.02. The Bertz CT molecular complexity index is 404. The topological polar surface area (TPSA) is 63.6 Å². The lowest BCUT2D eigenvalue weighted by Gasteiger charge is -2.10. The van der Waals surface area contributed by atoms with Gasteiger partial charge >= 0.3 is 6.61 Å². The van der Waals surface area contributed by atoms with Gasteiger partial charge in [-0.2, -0.15) is 8.78 Å². The van der Waals surface area contributed by atoms with E-state index in [1.54, 1.807) is 0 Å². The normalized spacial score (nSPS) is 10.2. The molecule has 0 atom stereocenters. The van der Waals surface area contributed by atoms with Crippen molar-refractivity contribution in [2.45, 2.75) is 13.2 Å². The molecule has 1 rings (SSSR count). The van der Waals surface area contributed by atoms with Gasteiger partial charge in [0.15, 0.2) is 12.6 Å². The second-order valence-electron chi connectivity index (χ2n) is 2.87. The predicted octanol–water partition coefficient (Wildman–Crippen LogP) is 1.41. The fraction of sp³-hybridized carbons (Fsp3) is 0.200. The van der Waals surface area contributed by atoms with E-state index in [1.807, 2.05) is 0 Å². The van der Waals surface area contributed by atoms with E-state index in [0.29, 0.717) is 6.29 Å². The Morgan fingerprint density at radius 1 is 1.31 bits per heavy atom. The molecule has 86 valence electrons. The molecular formula is C10H8F2O4. The maximum absolute atomic E-state index is 12.0. The van der Waals surface area contributed by atoms with Gasteiger partial charge in [-0.3, -0.25) is 9.59 Å². The van der Waals surface area contributed by atoms with E-state index >= 15 is 0 Å². The SMILES string of the molecule is O=Cc1cc(CO)cc(OC(F)F)c1C=O. The molecule has 0 unspecified atom stereocenters. The molecule has 0 saturated carbocycles. The first-order valence-corrected chi connectivity index (χ1v) is 4.25. The second kappa shape index (κ2) is 5.32. The number of aldehydes is 2. The quantitative estimate of drug-likeness (QED) is 0.776. The highest BCUT2D eigenvalue weighted by Gasteiger charge is 2.14. The summed E-state index contributed by atoms with van der Waals surface area (Å²) in [4.78, 5) is 21.3. The van der Waals surface area contributed by atoms with E-state index in [9.17, 15) is 18.4 Å². The minimum Gasteiger partial charge on any atom is -0.434 e. The van der Waals surface area contributed by atoms with Gasteiger partial charge in [0.1, 0.15) is 5.75 Å². The molecule has 0 aliphatic rings. The van der Waals surface area contributed by atoms with E-state index < -0.39 is 19.0 Å². The minimum absolute atomic E-state index is 0.0998. The molecule has 1 aromatic rings. The lowest BCUT2D eigenvalue weighted by atomic mass is 10.0. The molecule has 0 aliphatic heterocycles. The van der Waals surface area contributed by atoms with E-state index in [1.165, 1.54) is 6.07 Å². The summed E-state index contributed by atoms with van der Waals surface area (Å²) in [7, 11) is 0. The van der Waals surface area contributed by atoms with Gasteiger partial charge in [0, 0.05) is 5.56 Å². The molecule has 1 N–H and O–H groups in total. The lowest BCUT2D eigenvalue weighted by Crippen LogP contribution is -2.07. The number of benzene rings is 1. The van der Waals surface area contributed by atoms with Gasteiger partial charge in [-0.1, -0.05) is 0 Å². The number of hydrogen-bond acceptors (Lipinski definition) is 4. The summed E-state index contributed by atoms with van der Waals surface area (Å²) in [5.74, 6) is -0.418. The molecule has 0 bridgehead atoms. The number of hydrogen-bond donors (Lipinski definition) is 1. The third kappa shape index (κ3) is 2.60. The summed E-state index contributed by atoms with van der Waals surface area (Å²) in [6.45, 7) is -3.55. The number of ether oxygens (including phenoxy) is 1. The van der Waals surface area contributed by atoms with Crippen molar-refractivity contribution in [1.29, 1.82) is 0 Å². The number of aliphatic hydroxyl groups is 1.